The Bertz CT molecular complexity index is 1180. The molecule has 6 nitrogen and oxygen atoms in total. The molecule has 3 aromatic carbocycles. The number of amides is 3. The number of carbonyl (C=O) groups excluding carboxylic acids is 2. The fraction of sp³-hybridized carbons (Fsp3) is 0.0909. The Hall–Kier alpha value is -3.80. The molecular weight excluding hydrogens is 354 g/mol. The molecule has 0 radical (unpaired) electrons. The summed E-state index contributed by atoms with van der Waals surface area (Å²) in [6.07, 6.45) is 0. The molecule has 1 heterocycles. The summed E-state index contributed by atoms with van der Waals surface area (Å²) in [6, 6.07) is 20.3. The molecule has 0 saturated carbocycles. The second-order valence-corrected chi connectivity index (χ2v) is 6.53. The topological polar surface area (TPSA) is 83.4 Å². The zero-order chi connectivity index (χ0) is 19.5. The van der Waals surface area contributed by atoms with E-state index in [9.17, 15) is 9.59 Å². The zero-order valence-corrected chi connectivity index (χ0v) is 15.3. The predicted octanol–water partition coefficient (Wildman–Crippen LogP) is 4.65. The number of rotatable bonds is 4. The third-order valence-corrected chi connectivity index (χ3v) is 4.35. The van der Waals surface area contributed by atoms with Crippen LogP contribution in [0.4, 0.5) is 16.2 Å². The number of carbonyl (C=O) groups is 2. The van der Waals surface area contributed by atoms with E-state index in [1.54, 1.807) is 12.1 Å². The van der Waals surface area contributed by atoms with Gasteiger partial charge in [-0.3, -0.25) is 4.79 Å². The van der Waals surface area contributed by atoms with Crippen LogP contribution in [0.2, 0.25) is 0 Å². The number of nitrogens with one attached hydrogen (secondary N) is 3. The van der Waals surface area contributed by atoms with Gasteiger partial charge in [-0.1, -0.05) is 30.3 Å². The molecule has 3 N–H and O–H groups in total. The molecule has 1 aromatic heterocycles. The fourth-order valence-corrected chi connectivity index (χ4v) is 3.07. The Balaban J connectivity index is 1.36. The largest absolute Gasteiger partial charge is 0.456 e. The molecule has 6 heteroatoms. The van der Waals surface area contributed by atoms with Crippen molar-refractivity contribution in [3.05, 3.63) is 72.3 Å². The van der Waals surface area contributed by atoms with Gasteiger partial charge in [0.15, 0.2) is 0 Å². The Morgan fingerprint density at radius 3 is 2.46 bits per heavy atom. The van der Waals surface area contributed by atoms with Crippen LogP contribution >= 0.6 is 0 Å². The van der Waals surface area contributed by atoms with Gasteiger partial charge in [-0.25, -0.2) is 4.79 Å². The summed E-state index contributed by atoms with van der Waals surface area (Å²) in [6.45, 7) is 1.80. The maximum Gasteiger partial charge on any atom is 0.319 e. The lowest BCUT2D eigenvalue weighted by Crippen LogP contribution is -2.35. The van der Waals surface area contributed by atoms with Crippen molar-refractivity contribution in [2.45, 2.75) is 6.92 Å². The standard InChI is InChI=1S/C22H19N3O3/c1-14-5-4-6-15(11-14)25-22(27)23-13-21(26)24-16-9-10-18-17-7-2-3-8-19(17)28-20(18)12-16/h2-12H,13H2,1H3,(H,24,26)(H2,23,25,27). The van der Waals surface area contributed by atoms with E-state index in [-0.39, 0.29) is 12.5 Å². The van der Waals surface area contributed by atoms with Gasteiger partial charge >= 0.3 is 6.03 Å². The average Bonchev–Trinajstić information content (AvgIpc) is 3.04. The Kier molecular flexibility index (Phi) is 4.68. The van der Waals surface area contributed by atoms with Crippen LogP contribution in [-0.4, -0.2) is 18.5 Å². The highest BCUT2D eigenvalue weighted by Gasteiger charge is 2.10. The first kappa shape index (κ1) is 17.6. The van der Waals surface area contributed by atoms with Crippen LogP contribution in [-0.2, 0) is 4.79 Å². The first-order valence-corrected chi connectivity index (χ1v) is 8.91. The second-order valence-electron chi connectivity index (χ2n) is 6.53. The van der Waals surface area contributed by atoms with Gasteiger partial charge in [0.05, 0.1) is 6.54 Å². The number of fused-ring (bicyclic) bond motifs is 3. The second kappa shape index (κ2) is 7.44. The molecule has 0 fully saturated rings. The van der Waals surface area contributed by atoms with Gasteiger partial charge in [0, 0.05) is 28.2 Å². The molecule has 4 aromatic rings. The molecule has 0 aliphatic carbocycles. The number of hydrogen-bond acceptors (Lipinski definition) is 3. The molecule has 0 spiro atoms. The number of para-hydroxylation sites is 1. The average molecular weight is 373 g/mol. The number of hydrogen-bond donors (Lipinski definition) is 3. The SMILES string of the molecule is Cc1cccc(NC(=O)NCC(=O)Nc2ccc3c(c2)oc2ccccc23)c1. The van der Waals surface area contributed by atoms with Crippen LogP contribution in [0.3, 0.4) is 0 Å². The van der Waals surface area contributed by atoms with E-state index in [1.807, 2.05) is 61.5 Å². The fourth-order valence-electron chi connectivity index (χ4n) is 3.07. The summed E-state index contributed by atoms with van der Waals surface area (Å²) in [5.41, 5.74) is 3.82. The lowest BCUT2D eigenvalue weighted by atomic mass is 10.1. The molecule has 140 valence electrons. The predicted molar refractivity (Wildman–Crippen MR) is 111 cm³/mol. The summed E-state index contributed by atoms with van der Waals surface area (Å²) < 4.78 is 5.82. The van der Waals surface area contributed by atoms with E-state index in [1.165, 1.54) is 0 Å². The van der Waals surface area contributed by atoms with E-state index in [0.717, 1.165) is 21.9 Å². The van der Waals surface area contributed by atoms with Crippen molar-refractivity contribution in [1.82, 2.24) is 5.32 Å². The van der Waals surface area contributed by atoms with E-state index >= 15 is 0 Å². The van der Waals surface area contributed by atoms with Crippen molar-refractivity contribution in [3.8, 4) is 0 Å². The quantitative estimate of drug-likeness (QED) is 0.487. The number of aryl methyl sites for hydroxylation is 1. The molecular formula is C22H19N3O3. The summed E-state index contributed by atoms with van der Waals surface area (Å²) in [5.74, 6) is -0.324. The number of anilines is 2. The number of benzene rings is 3. The summed E-state index contributed by atoms with van der Waals surface area (Å²) in [5, 5.41) is 10.0. The molecule has 0 unspecified atom stereocenters. The highest BCUT2D eigenvalue weighted by Crippen LogP contribution is 2.30. The summed E-state index contributed by atoms with van der Waals surface area (Å²) in [7, 11) is 0. The lowest BCUT2D eigenvalue weighted by Gasteiger charge is -2.09. The molecule has 0 atom stereocenters. The van der Waals surface area contributed by atoms with Crippen LogP contribution in [0.15, 0.2) is 71.1 Å². The molecule has 3 amide bonds. The van der Waals surface area contributed by atoms with Crippen LogP contribution in [0.1, 0.15) is 5.56 Å². The molecule has 28 heavy (non-hydrogen) atoms. The van der Waals surface area contributed by atoms with Crippen molar-refractivity contribution in [3.63, 3.8) is 0 Å². The van der Waals surface area contributed by atoms with Crippen molar-refractivity contribution in [2.75, 3.05) is 17.2 Å². The highest BCUT2D eigenvalue weighted by molar-refractivity contribution is 6.06. The third-order valence-electron chi connectivity index (χ3n) is 4.35. The zero-order valence-electron chi connectivity index (χ0n) is 15.3. The molecule has 0 aliphatic rings. The molecule has 0 aliphatic heterocycles. The van der Waals surface area contributed by atoms with Crippen molar-refractivity contribution in [2.24, 2.45) is 0 Å². The third kappa shape index (κ3) is 3.81. The Morgan fingerprint density at radius 1 is 0.821 bits per heavy atom. The molecule has 4 rings (SSSR count). The van der Waals surface area contributed by atoms with E-state index in [2.05, 4.69) is 16.0 Å². The van der Waals surface area contributed by atoms with Crippen LogP contribution in [0.25, 0.3) is 21.9 Å². The highest BCUT2D eigenvalue weighted by atomic mass is 16.3. The van der Waals surface area contributed by atoms with E-state index in [4.69, 9.17) is 4.42 Å². The van der Waals surface area contributed by atoms with Gasteiger partial charge in [0.1, 0.15) is 11.2 Å². The van der Waals surface area contributed by atoms with Gasteiger partial charge in [0.25, 0.3) is 0 Å². The van der Waals surface area contributed by atoms with Gasteiger partial charge in [0.2, 0.25) is 5.91 Å². The monoisotopic (exact) mass is 373 g/mol. The van der Waals surface area contributed by atoms with Gasteiger partial charge in [-0.15, -0.1) is 0 Å². The molecule has 0 saturated heterocycles. The van der Waals surface area contributed by atoms with E-state index in [0.29, 0.717) is 17.0 Å². The van der Waals surface area contributed by atoms with E-state index < -0.39 is 6.03 Å². The van der Waals surface area contributed by atoms with Crippen LogP contribution in [0.5, 0.6) is 0 Å². The maximum atomic E-state index is 12.1. The van der Waals surface area contributed by atoms with Gasteiger partial charge in [-0.2, -0.15) is 0 Å². The minimum absolute atomic E-state index is 0.143. The first-order chi connectivity index (χ1) is 13.6. The van der Waals surface area contributed by atoms with Gasteiger partial charge in [-0.05, 0) is 42.8 Å². The minimum atomic E-state index is -0.437. The normalized spacial score (nSPS) is 10.8. The summed E-state index contributed by atoms with van der Waals surface area (Å²) in [4.78, 5) is 24.1. The van der Waals surface area contributed by atoms with Crippen LogP contribution < -0.4 is 16.0 Å². The minimum Gasteiger partial charge on any atom is -0.456 e. The van der Waals surface area contributed by atoms with Gasteiger partial charge < -0.3 is 20.4 Å². The smallest absolute Gasteiger partial charge is 0.319 e. The lowest BCUT2D eigenvalue weighted by molar-refractivity contribution is -0.115. The summed E-state index contributed by atoms with van der Waals surface area (Å²) >= 11 is 0. The Morgan fingerprint density at radius 2 is 1.61 bits per heavy atom. The number of urea groups is 1. The molecule has 0 bridgehead atoms. The number of furan rings is 1. The van der Waals surface area contributed by atoms with Crippen molar-refractivity contribution >= 4 is 45.3 Å². The van der Waals surface area contributed by atoms with Crippen molar-refractivity contribution in [1.29, 1.82) is 0 Å². The maximum absolute atomic E-state index is 12.1. The Labute approximate surface area is 161 Å². The van der Waals surface area contributed by atoms with Crippen LogP contribution in [0, 0.1) is 6.92 Å². The first-order valence-electron chi connectivity index (χ1n) is 8.91. The van der Waals surface area contributed by atoms with Crippen molar-refractivity contribution < 1.29 is 14.0 Å².